The Kier molecular flexibility index (Phi) is 16.8. The number of ketones is 1. The van der Waals surface area contributed by atoms with Gasteiger partial charge in [-0.2, -0.15) is 0 Å². The van der Waals surface area contributed by atoms with Gasteiger partial charge in [-0.1, -0.05) is 38.1 Å². The van der Waals surface area contributed by atoms with E-state index in [-0.39, 0.29) is 30.1 Å². The zero-order valence-electron chi connectivity index (χ0n) is 42.9. The van der Waals surface area contributed by atoms with E-state index < -0.39 is 145 Å². The molecule has 72 heavy (non-hydrogen) atoms. The number of carbonyl (C=O) groups excluding carboxylic acids is 3. The van der Waals surface area contributed by atoms with Crippen LogP contribution in [0.15, 0.2) is 42.0 Å². The molecule has 404 valence electrons. The van der Waals surface area contributed by atoms with Crippen molar-refractivity contribution in [1.82, 2.24) is 0 Å². The summed E-state index contributed by atoms with van der Waals surface area (Å²) in [5.74, 6) is -2.66. The quantitative estimate of drug-likeness (QED) is 0.0889. The molecule has 6 N–H and O–H groups in total. The van der Waals surface area contributed by atoms with Crippen molar-refractivity contribution in [1.29, 1.82) is 0 Å². The zero-order valence-corrected chi connectivity index (χ0v) is 42.9. The summed E-state index contributed by atoms with van der Waals surface area (Å²) in [6.45, 7) is 11.8. The van der Waals surface area contributed by atoms with Gasteiger partial charge in [-0.25, -0.2) is 9.59 Å². The Labute approximate surface area is 421 Å². The van der Waals surface area contributed by atoms with E-state index in [2.05, 4.69) is 6.92 Å². The molecule has 1 aromatic rings. The first-order valence-corrected chi connectivity index (χ1v) is 25.8. The number of methoxy groups -OCH3 is 2. The fourth-order valence-corrected chi connectivity index (χ4v) is 14.2. The summed E-state index contributed by atoms with van der Waals surface area (Å²) in [6.07, 6.45) is -12.2. The molecule has 19 nitrogen and oxygen atoms in total. The van der Waals surface area contributed by atoms with Crippen LogP contribution in [0.1, 0.15) is 110 Å². The second kappa shape index (κ2) is 21.9. The molecule has 19 heteroatoms. The van der Waals surface area contributed by atoms with Crippen LogP contribution in [0, 0.1) is 34.5 Å². The molecule has 0 radical (unpaired) electrons. The number of aliphatic hydroxyl groups is 6. The number of aliphatic hydroxyl groups excluding tert-OH is 5. The number of hydrogen-bond donors (Lipinski definition) is 6. The van der Waals surface area contributed by atoms with Crippen LogP contribution in [0.3, 0.4) is 0 Å². The van der Waals surface area contributed by atoms with Crippen LogP contribution >= 0.6 is 0 Å². The second-order valence-corrected chi connectivity index (χ2v) is 22.0. The maximum atomic E-state index is 14.1. The van der Waals surface area contributed by atoms with Crippen molar-refractivity contribution >= 4 is 17.7 Å². The topological polar surface area (TPSA) is 265 Å². The lowest BCUT2D eigenvalue weighted by Crippen LogP contribution is -2.73. The third-order valence-corrected chi connectivity index (χ3v) is 18.3. The van der Waals surface area contributed by atoms with Gasteiger partial charge in [0.25, 0.3) is 0 Å². The van der Waals surface area contributed by atoms with Crippen molar-refractivity contribution in [2.75, 3.05) is 20.8 Å². The molecular formula is C53H78O19. The number of esters is 2. The van der Waals surface area contributed by atoms with Crippen molar-refractivity contribution < 1.29 is 92.4 Å². The van der Waals surface area contributed by atoms with Crippen molar-refractivity contribution in [3.05, 3.63) is 47.5 Å². The standard InChI is InChI=1S/C53H78O19/c1-10-25(2)47(60)69-44-37-33(53(62)21-19-32(26(3)55)52(53,7)46(44)72-48(61)29-14-12-11-13-15-29)17-16-30-22-31(18-20-51(30,37)6)67-36-23-34(63-8)42(27(4)65-36)70-50-41(59)45(64-9)43(28(5)66-50)71-49-40(58)39(57)38(56)35(24-54)68-49/h10-15,27-28,30-46,49-50,54,56-59,62H,16-24H2,1-9H3/b25-10+/t27?,28?,30-,31-,32+,33+,34+,35?,36-,37+,38+,39-,40?,41?,42+,43+,44-,45+,46+,49-,50-,51-,52-,53-/m0/s1. The van der Waals surface area contributed by atoms with Crippen LogP contribution < -0.4 is 0 Å². The van der Waals surface area contributed by atoms with Crippen LogP contribution in [-0.2, 0) is 57.0 Å². The average Bonchev–Trinajstić information content (AvgIpc) is 3.65. The molecule has 7 aliphatic rings. The van der Waals surface area contributed by atoms with E-state index in [1.54, 1.807) is 64.3 Å². The number of Topliss-reactive ketones (excluding diaryl/α,β-unsaturated/α-hetero) is 1. The van der Waals surface area contributed by atoms with Crippen LogP contribution in [0.4, 0.5) is 0 Å². The Morgan fingerprint density at radius 2 is 1.43 bits per heavy atom. The third-order valence-electron chi connectivity index (χ3n) is 18.3. The first-order valence-electron chi connectivity index (χ1n) is 25.8. The maximum absolute atomic E-state index is 14.1. The van der Waals surface area contributed by atoms with Gasteiger partial charge in [0, 0.05) is 43.5 Å². The number of carbonyl (C=O) groups is 3. The fourth-order valence-electron chi connectivity index (χ4n) is 14.2. The lowest BCUT2D eigenvalue weighted by Gasteiger charge is -2.66. The highest BCUT2D eigenvalue weighted by molar-refractivity contribution is 5.90. The Balaban J connectivity index is 0.969. The van der Waals surface area contributed by atoms with E-state index in [1.807, 2.05) is 13.8 Å². The van der Waals surface area contributed by atoms with Crippen LogP contribution in [0.2, 0.25) is 0 Å². The Bertz CT molecular complexity index is 2090. The Morgan fingerprint density at radius 3 is 2.08 bits per heavy atom. The summed E-state index contributed by atoms with van der Waals surface area (Å²) in [4.78, 5) is 41.6. The van der Waals surface area contributed by atoms with Gasteiger partial charge in [0.1, 0.15) is 66.8 Å². The monoisotopic (exact) mass is 1020 g/mol. The average molecular weight is 1020 g/mol. The lowest BCUT2D eigenvalue weighted by molar-refractivity contribution is -0.371. The molecule has 3 heterocycles. The fraction of sp³-hybridized carbons (Fsp3) is 0.792. The summed E-state index contributed by atoms with van der Waals surface area (Å²) in [5, 5.41) is 65.7. The minimum absolute atomic E-state index is 0.0504. The molecule has 24 atom stereocenters. The maximum Gasteiger partial charge on any atom is 0.338 e. The number of rotatable bonds is 14. The predicted octanol–water partition coefficient (Wildman–Crippen LogP) is 2.90. The molecule has 3 saturated heterocycles. The summed E-state index contributed by atoms with van der Waals surface area (Å²) in [5.41, 5.74) is -2.46. The van der Waals surface area contributed by atoms with Gasteiger partial charge in [0.05, 0.1) is 42.2 Å². The van der Waals surface area contributed by atoms with Gasteiger partial charge in [-0.15, -0.1) is 0 Å². The smallest absolute Gasteiger partial charge is 0.338 e. The Morgan fingerprint density at radius 1 is 0.750 bits per heavy atom. The molecule has 3 aliphatic heterocycles. The zero-order chi connectivity index (χ0) is 52.2. The third kappa shape index (κ3) is 9.75. The highest BCUT2D eigenvalue weighted by Crippen LogP contribution is 2.70. The Hall–Kier alpha value is -2.99. The number of allylic oxidation sites excluding steroid dienone is 1. The molecule has 0 bridgehead atoms. The molecule has 7 fully saturated rings. The SMILES string of the molecule is C/C=C(\C)C(=O)O[C@H]1[C@H]2[C@@H](CC[C@H]3C[C@@H](O[C@H]4C[C@@H](OC)[C@H](O[C@@H]5OC(C)[C@@H](O[C@@H]6OC(CO)[C@@H](O)[C@H](O)C6O)[C@H](OC)C5O)C(C)O4)CC[C@@]32C)[C@@]2(O)CC[C@H](C(C)=O)[C@@]2(C)[C@@H]1OC(=O)c1ccccc1. The summed E-state index contributed by atoms with van der Waals surface area (Å²) in [6, 6.07) is 8.58. The van der Waals surface area contributed by atoms with Crippen molar-refractivity contribution in [2.24, 2.45) is 34.5 Å². The van der Waals surface area contributed by atoms with Crippen LogP contribution in [0.5, 0.6) is 0 Å². The van der Waals surface area contributed by atoms with Gasteiger partial charge in [0.2, 0.25) is 0 Å². The van der Waals surface area contributed by atoms with Gasteiger partial charge in [-0.05, 0) is 109 Å². The van der Waals surface area contributed by atoms with Crippen LogP contribution in [-0.4, -0.2) is 179 Å². The summed E-state index contributed by atoms with van der Waals surface area (Å²) < 4.78 is 62.2. The van der Waals surface area contributed by atoms with E-state index in [9.17, 15) is 45.0 Å². The van der Waals surface area contributed by atoms with E-state index in [1.165, 1.54) is 14.0 Å². The van der Waals surface area contributed by atoms with Crippen molar-refractivity contribution in [2.45, 2.75) is 210 Å². The normalized spacial score (nSPS) is 47.4. The summed E-state index contributed by atoms with van der Waals surface area (Å²) in [7, 11) is 2.92. The minimum Gasteiger partial charge on any atom is -0.455 e. The first kappa shape index (κ1) is 55.2. The minimum atomic E-state index is -1.68. The number of benzene rings is 1. The van der Waals surface area contributed by atoms with E-state index in [0.29, 0.717) is 49.7 Å². The van der Waals surface area contributed by atoms with E-state index in [4.69, 9.17) is 47.4 Å². The number of hydrogen-bond acceptors (Lipinski definition) is 19. The molecule has 4 aliphatic carbocycles. The molecule has 0 spiro atoms. The highest BCUT2D eigenvalue weighted by atomic mass is 16.8. The van der Waals surface area contributed by atoms with E-state index >= 15 is 0 Å². The second-order valence-electron chi connectivity index (χ2n) is 22.0. The number of fused-ring (bicyclic) bond motifs is 5. The number of ether oxygens (including phenoxy) is 10. The van der Waals surface area contributed by atoms with Gasteiger partial charge in [-0.3, -0.25) is 4.79 Å². The predicted molar refractivity (Wildman–Crippen MR) is 252 cm³/mol. The highest BCUT2D eigenvalue weighted by Gasteiger charge is 2.76. The first-order chi connectivity index (χ1) is 34.2. The van der Waals surface area contributed by atoms with Crippen molar-refractivity contribution in [3.63, 3.8) is 0 Å². The molecule has 4 saturated carbocycles. The molecule has 8 rings (SSSR count). The molecular weight excluding hydrogens is 941 g/mol. The summed E-state index contributed by atoms with van der Waals surface area (Å²) >= 11 is 0. The van der Waals surface area contributed by atoms with Crippen LogP contribution in [0.25, 0.3) is 0 Å². The molecule has 0 amide bonds. The molecule has 0 aromatic heterocycles. The molecule has 5 unspecified atom stereocenters. The van der Waals surface area contributed by atoms with Gasteiger partial charge in [0.15, 0.2) is 18.9 Å². The largest absolute Gasteiger partial charge is 0.455 e. The molecule has 1 aromatic carbocycles. The van der Waals surface area contributed by atoms with Crippen molar-refractivity contribution in [3.8, 4) is 0 Å². The van der Waals surface area contributed by atoms with E-state index in [0.717, 1.165) is 6.42 Å². The van der Waals surface area contributed by atoms with Gasteiger partial charge < -0.3 is 78.0 Å². The lowest BCUT2D eigenvalue weighted by atomic mass is 9.41. The van der Waals surface area contributed by atoms with Gasteiger partial charge >= 0.3 is 11.9 Å².